The lowest BCUT2D eigenvalue weighted by Gasteiger charge is -2.05. The van der Waals surface area contributed by atoms with E-state index in [0.29, 0.717) is 6.42 Å². The number of primary amides is 1. The normalized spacial score (nSPS) is 12.4. The van der Waals surface area contributed by atoms with Gasteiger partial charge in [0.2, 0.25) is 5.91 Å². The number of nitrogens with zero attached hydrogens (tertiary/aromatic N) is 2. The minimum absolute atomic E-state index is 0.408. The number of carbonyl (C=O) groups excluding carboxylic acids is 1. The molecule has 0 aliphatic rings. The predicted molar refractivity (Wildman–Crippen MR) is 42.9 cm³/mol. The van der Waals surface area contributed by atoms with Gasteiger partial charge >= 0.3 is 0 Å². The molecule has 5 heteroatoms. The first-order valence-corrected chi connectivity index (χ1v) is 3.50. The highest BCUT2D eigenvalue weighted by Crippen LogP contribution is 1.97. The molecular weight excluding hydrogens is 156 g/mol. The molecule has 0 fully saturated rings. The highest BCUT2D eigenvalue weighted by molar-refractivity contribution is 5.79. The van der Waals surface area contributed by atoms with Crippen LogP contribution in [0, 0.1) is 0 Å². The zero-order valence-electron chi connectivity index (χ0n) is 6.47. The maximum absolute atomic E-state index is 10.6. The van der Waals surface area contributed by atoms with E-state index < -0.39 is 11.9 Å². The Labute approximate surface area is 69.8 Å². The van der Waals surface area contributed by atoms with Crippen molar-refractivity contribution in [3.63, 3.8) is 0 Å². The summed E-state index contributed by atoms with van der Waals surface area (Å²) in [6, 6.07) is 1.10. The zero-order chi connectivity index (χ0) is 8.97. The Morgan fingerprint density at radius 2 is 2.33 bits per heavy atom. The van der Waals surface area contributed by atoms with E-state index in [-0.39, 0.29) is 0 Å². The fraction of sp³-hybridized carbons (Fsp3) is 0.286. The summed E-state index contributed by atoms with van der Waals surface area (Å²) >= 11 is 0. The van der Waals surface area contributed by atoms with E-state index in [9.17, 15) is 4.79 Å². The Hall–Kier alpha value is -1.49. The van der Waals surface area contributed by atoms with E-state index in [4.69, 9.17) is 11.5 Å². The van der Waals surface area contributed by atoms with Crippen LogP contribution in [0.5, 0.6) is 0 Å². The highest BCUT2D eigenvalue weighted by Gasteiger charge is 2.09. The van der Waals surface area contributed by atoms with Crippen LogP contribution < -0.4 is 11.5 Å². The van der Waals surface area contributed by atoms with Crippen LogP contribution in [0.2, 0.25) is 0 Å². The summed E-state index contributed by atoms with van der Waals surface area (Å²) in [5.41, 5.74) is 11.3. The molecule has 5 nitrogen and oxygen atoms in total. The van der Waals surface area contributed by atoms with Crippen molar-refractivity contribution < 1.29 is 4.79 Å². The Morgan fingerprint density at radius 3 is 2.83 bits per heavy atom. The lowest BCUT2D eigenvalue weighted by molar-refractivity contribution is -0.119. The fourth-order valence-corrected chi connectivity index (χ4v) is 0.793. The quantitative estimate of drug-likeness (QED) is 0.591. The van der Waals surface area contributed by atoms with E-state index in [1.165, 1.54) is 0 Å². The SMILES string of the molecule is NC(=O)C(N)Cc1ccnnc1. The maximum Gasteiger partial charge on any atom is 0.234 e. The van der Waals surface area contributed by atoms with E-state index in [0.717, 1.165) is 5.56 Å². The second-order valence-electron chi connectivity index (χ2n) is 2.46. The van der Waals surface area contributed by atoms with Crippen molar-refractivity contribution >= 4 is 5.91 Å². The van der Waals surface area contributed by atoms with Gasteiger partial charge in [0.1, 0.15) is 0 Å². The van der Waals surface area contributed by atoms with Gasteiger partial charge in [0, 0.05) is 6.20 Å². The number of aromatic nitrogens is 2. The first-order valence-electron chi connectivity index (χ1n) is 3.50. The number of rotatable bonds is 3. The third kappa shape index (κ3) is 2.28. The summed E-state index contributed by atoms with van der Waals surface area (Å²) in [6.07, 6.45) is 3.51. The molecule has 1 amide bonds. The van der Waals surface area contributed by atoms with E-state index >= 15 is 0 Å². The number of hydrogen-bond donors (Lipinski definition) is 2. The molecule has 1 aromatic rings. The van der Waals surface area contributed by atoms with Crippen LogP contribution in [0.15, 0.2) is 18.5 Å². The molecule has 1 unspecified atom stereocenters. The largest absolute Gasteiger partial charge is 0.368 e. The number of hydrogen-bond acceptors (Lipinski definition) is 4. The average Bonchev–Trinajstić information content (AvgIpc) is 2.06. The van der Waals surface area contributed by atoms with Gasteiger partial charge in [0.05, 0.1) is 12.2 Å². The van der Waals surface area contributed by atoms with E-state index in [1.54, 1.807) is 18.5 Å². The van der Waals surface area contributed by atoms with Crippen LogP contribution in [0.4, 0.5) is 0 Å². The molecule has 1 atom stereocenters. The molecule has 0 radical (unpaired) electrons. The van der Waals surface area contributed by atoms with E-state index in [2.05, 4.69) is 10.2 Å². The Kier molecular flexibility index (Phi) is 2.71. The molecule has 0 saturated heterocycles. The zero-order valence-corrected chi connectivity index (χ0v) is 6.47. The Bertz CT molecular complexity index is 261. The van der Waals surface area contributed by atoms with Gasteiger partial charge in [-0.2, -0.15) is 10.2 Å². The van der Waals surface area contributed by atoms with Crippen LogP contribution >= 0.6 is 0 Å². The molecule has 0 saturated carbocycles. The molecule has 0 bridgehead atoms. The van der Waals surface area contributed by atoms with Crippen LogP contribution in [-0.4, -0.2) is 22.1 Å². The lowest BCUT2D eigenvalue weighted by atomic mass is 10.1. The first kappa shape index (κ1) is 8.61. The fourth-order valence-electron chi connectivity index (χ4n) is 0.793. The highest BCUT2D eigenvalue weighted by atomic mass is 16.1. The van der Waals surface area contributed by atoms with Gasteiger partial charge in [0.15, 0.2) is 0 Å². The Morgan fingerprint density at radius 1 is 1.58 bits per heavy atom. The number of amides is 1. The topological polar surface area (TPSA) is 94.9 Å². The van der Waals surface area contributed by atoms with Crippen LogP contribution in [0.3, 0.4) is 0 Å². The summed E-state index contributed by atoms with van der Waals surface area (Å²) < 4.78 is 0. The number of carbonyl (C=O) groups is 1. The van der Waals surface area contributed by atoms with Gasteiger partial charge < -0.3 is 11.5 Å². The van der Waals surface area contributed by atoms with Gasteiger partial charge in [-0.1, -0.05) is 0 Å². The molecule has 1 aromatic heterocycles. The van der Waals surface area contributed by atoms with E-state index in [1.807, 2.05) is 0 Å². The molecule has 12 heavy (non-hydrogen) atoms. The monoisotopic (exact) mass is 166 g/mol. The second kappa shape index (κ2) is 3.77. The van der Waals surface area contributed by atoms with Gasteiger partial charge in [0.25, 0.3) is 0 Å². The van der Waals surface area contributed by atoms with Crippen molar-refractivity contribution in [2.24, 2.45) is 11.5 Å². The van der Waals surface area contributed by atoms with Gasteiger partial charge in [-0.3, -0.25) is 4.79 Å². The van der Waals surface area contributed by atoms with Crippen molar-refractivity contribution in [3.8, 4) is 0 Å². The van der Waals surface area contributed by atoms with Crippen LogP contribution in [-0.2, 0) is 11.2 Å². The third-order valence-electron chi connectivity index (χ3n) is 1.47. The molecule has 0 aromatic carbocycles. The van der Waals surface area contributed by atoms with Crippen molar-refractivity contribution in [3.05, 3.63) is 24.0 Å². The van der Waals surface area contributed by atoms with Gasteiger partial charge in [-0.25, -0.2) is 0 Å². The molecule has 0 spiro atoms. The van der Waals surface area contributed by atoms with Gasteiger partial charge in [-0.05, 0) is 18.1 Å². The molecule has 0 aliphatic heterocycles. The summed E-state index contributed by atoms with van der Waals surface area (Å²) in [7, 11) is 0. The Balaban J connectivity index is 2.58. The van der Waals surface area contributed by atoms with Crippen molar-refractivity contribution in [2.45, 2.75) is 12.5 Å². The van der Waals surface area contributed by atoms with Crippen molar-refractivity contribution in [1.82, 2.24) is 10.2 Å². The molecule has 1 heterocycles. The maximum atomic E-state index is 10.6. The van der Waals surface area contributed by atoms with Gasteiger partial charge in [-0.15, -0.1) is 0 Å². The number of nitrogens with two attached hydrogens (primary N) is 2. The van der Waals surface area contributed by atoms with Crippen LogP contribution in [0.1, 0.15) is 5.56 Å². The summed E-state index contributed by atoms with van der Waals surface area (Å²) in [5, 5.41) is 7.23. The summed E-state index contributed by atoms with van der Waals surface area (Å²) in [4.78, 5) is 10.6. The standard InChI is InChI=1S/C7H10N4O/c8-6(7(9)12)3-5-1-2-10-11-4-5/h1-2,4,6H,3,8H2,(H2,9,12). The third-order valence-corrected chi connectivity index (χ3v) is 1.47. The van der Waals surface area contributed by atoms with Crippen LogP contribution in [0.25, 0.3) is 0 Å². The predicted octanol–water partition coefficient (Wildman–Crippen LogP) is -1.17. The van der Waals surface area contributed by atoms with Crippen molar-refractivity contribution in [2.75, 3.05) is 0 Å². The lowest BCUT2D eigenvalue weighted by Crippen LogP contribution is -2.38. The average molecular weight is 166 g/mol. The molecule has 0 aliphatic carbocycles. The molecular formula is C7H10N4O. The first-order chi connectivity index (χ1) is 5.70. The minimum Gasteiger partial charge on any atom is -0.368 e. The molecule has 64 valence electrons. The molecule has 4 N–H and O–H groups in total. The van der Waals surface area contributed by atoms with Crippen molar-refractivity contribution in [1.29, 1.82) is 0 Å². The second-order valence-corrected chi connectivity index (χ2v) is 2.46. The smallest absolute Gasteiger partial charge is 0.234 e. The molecule has 1 rings (SSSR count). The summed E-state index contributed by atoms with van der Waals surface area (Å²) in [6.45, 7) is 0. The minimum atomic E-state index is -0.644. The summed E-state index contributed by atoms with van der Waals surface area (Å²) in [5.74, 6) is -0.508.